The predicted octanol–water partition coefficient (Wildman–Crippen LogP) is 2.77. The molecule has 2 heterocycles. The highest BCUT2D eigenvalue weighted by atomic mass is 32.1. The van der Waals surface area contributed by atoms with E-state index in [2.05, 4.69) is 23.0 Å². The Morgan fingerprint density at radius 2 is 2.38 bits per heavy atom. The number of nitrogens with zero attached hydrogens (tertiary/aromatic N) is 2. The van der Waals surface area contributed by atoms with Gasteiger partial charge in [0.25, 0.3) is 0 Å². The van der Waals surface area contributed by atoms with Crippen molar-refractivity contribution in [1.82, 2.24) is 9.97 Å². The van der Waals surface area contributed by atoms with Crippen molar-refractivity contribution >= 4 is 11.3 Å². The summed E-state index contributed by atoms with van der Waals surface area (Å²) in [5, 5.41) is 0. The summed E-state index contributed by atoms with van der Waals surface area (Å²) >= 11 is 1.62. The first-order valence-electron chi connectivity index (χ1n) is 4.24. The van der Waals surface area contributed by atoms with Crippen molar-refractivity contribution in [3.63, 3.8) is 0 Å². The summed E-state index contributed by atoms with van der Waals surface area (Å²) in [6.45, 7) is 2.14. The highest BCUT2D eigenvalue weighted by molar-refractivity contribution is 7.13. The van der Waals surface area contributed by atoms with Gasteiger partial charge < -0.3 is 0 Å². The van der Waals surface area contributed by atoms with Gasteiger partial charge in [0.1, 0.15) is 0 Å². The molecular formula is C10H10N2S. The Bertz CT molecular complexity index is 382. The lowest BCUT2D eigenvalue weighted by Crippen LogP contribution is -1.84. The van der Waals surface area contributed by atoms with Crippen LogP contribution < -0.4 is 0 Å². The van der Waals surface area contributed by atoms with E-state index in [1.54, 1.807) is 11.3 Å². The molecule has 0 saturated heterocycles. The fourth-order valence-electron chi connectivity index (χ4n) is 1.17. The molecule has 0 radical (unpaired) electrons. The number of hydrogen-bond donors (Lipinski definition) is 0. The lowest BCUT2D eigenvalue weighted by molar-refractivity contribution is 1.12. The van der Waals surface area contributed by atoms with Crippen molar-refractivity contribution in [1.29, 1.82) is 0 Å². The lowest BCUT2D eigenvalue weighted by Gasteiger charge is -1.98. The number of thiazole rings is 1. The smallest absolute Gasteiger partial charge is 0.0820 e. The van der Waals surface area contributed by atoms with Gasteiger partial charge in [-0.05, 0) is 24.1 Å². The molecule has 2 aromatic rings. The minimum Gasteiger partial charge on any atom is -0.255 e. The van der Waals surface area contributed by atoms with E-state index in [0.717, 1.165) is 17.0 Å². The number of pyridine rings is 1. The molecule has 0 spiro atoms. The molecule has 3 heteroatoms. The first kappa shape index (κ1) is 8.38. The van der Waals surface area contributed by atoms with Gasteiger partial charge in [0, 0.05) is 12.4 Å². The van der Waals surface area contributed by atoms with Gasteiger partial charge >= 0.3 is 0 Å². The van der Waals surface area contributed by atoms with Crippen LogP contribution in [0.25, 0.3) is 10.6 Å². The Labute approximate surface area is 81.3 Å². The Hall–Kier alpha value is -1.22. The van der Waals surface area contributed by atoms with Crippen molar-refractivity contribution < 1.29 is 0 Å². The van der Waals surface area contributed by atoms with Crippen molar-refractivity contribution in [3.05, 3.63) is 35.6 Å². The number of aromatic nitrogens is 2. The Balaban J connectivity index is 2.41. The highest BCUT2D eigenvalue weighted by Gasteiger charge is 2.00. The fourth-order valence-corrected chi connectivity index (χ4v) is 1.76. The molecule has 2 nitrogen and oxygen atoms in total. The number of aryl methyl sites for hydroxylation is 1. The van der Waals surface area contributed by atoms with Crippen LogP contribution in [-0.2, 0) is 6.42 Å². The molecule has 0 aliphatic carbocycles. The van der Waals surface area contributed by atoms with Gasteiger partial charge in [0.15, 0.2) is 0 Å². The van der Waals surface area contributed by atoms with Gasteiger partial charge in [-0.25, -0.2) is 0 Å². The molecule has 0 N–H and O–H groups in total. The molecule has 0 aliphatic rings. The van der Waals surface area contributed by atoms with Crippen LogP contribution in [0.1, 0.15) is 12.5 Å². The maximum Gasteiger partial charge on any atom is 0.0820 e. The van der Waals surface area contributed by atoms with Crippen LogP contribution in [0.2, 0.25) is 0 Å². The second-order valence-electron chi connectivity index (χ2n) is 2.77. The molecule has 0 saturated carbocycles. The zero-order valence-electron chi connectivity index (χ0n) is 7.40. The summed E-state index contributed by atoms with van der Waals surface area (Å²) in [6.07, 6.45) is 4.76. The Morgan fingerprint density at radius 3 is 3.08 bits per heavy atom. The van der Waals surface area contributed by atoms with Crippen molar-refractivity contribution in [3.8, 4) is 10.6 Å². The molecule has 0 aromatic carbocycles. The van der Waals surface area contributed by atoms with Crippen LogP contribution in [0, 0.1) is 0 Å². The van der Waals surface area contributed by atoms with E-state index in [9.17, 15) is 0 Å². The molecule has 66 valence electrons. The molecule has 0 amide bonds. The third-order valence-corrected chi connectivity index (χ3v) is 2.71. The van der Waals surface area contributed by atoms with E-state index in [1.165, 1.54) is 5.56 Å². The Morgan fingerprint density at radius 1 is 1.46 bits per heavy atom. The highest BCUT2D eigenvalue weighted by Crippen LogP contribution is 2.21. The summed E-state index contributed by atoms with van der Waals surface area (Å²) in [6, 6.07) is 4.16. The minimum atomic E-state index is 1.03. The minimum absolute atomic E-state index is 1.03. The van der Waals surface area contributed by atoms with E-state index in [1.807, 2.05) is 24.0 Å². The van der Waals surface area contributed by atoms with Crippen LogP contribution in [0.15, 0.2) is 30.0 Å². The van der Waals surface area contributed by atoms with Gasteiger partial charge in [-0.1, -0.05) is 6.92 Å². The van der Waals surface area contributed by atoms with E-state index in [-0.39, 0.29) is 0 Å². The molecule has 2 aromatic heterocycles. The average Bonchev–Trinajstić information content (AvgIpc) is 2.71. The van der Waals surface area contributed by atoms with Gasteiger partial charge in [-0.2, -0.15) is 0 Å². The molecular weight excluding hydrogens is 180 g/mol. The maximum atomic E-state index is 4.30. The lowest BCUT2D eigenvalue weighted by atomic mass is 10.2. The molecule has 0 atom stereocenters. The van der Waals surface area contributed by atoms with Gasteiger partial charge in [-0.15, -0.1) is 11.3 Å². The van der Waals surface area contributed by atoms with Crippen molar-refractivity contribution in [2.24, 2.45) is 0 Å². The molecule has 0 fully saturated rings. The van der Waals surface area contributed by atoms with Crippen LogP contribution >= 0.6 is 11.3 Å². The first-order valence-corrected chi connectivity index (χ1v) is 5.12. The molecule has 0 bridgehead atoms. The van der Waals surface area contributed by atoms with Crippen molar-refractivity contribution in [2.45, 2.75) is 13.3 Å². The van der Waals surface area contributed by atoms with Crippen LogP contribution in [0.3, 0.4) is 0 Å². The van der Waals surface area contributed by atoms with E-state index >= 15 is 0 Å². The van der Waals surface area contributed by atoms with Crippen molar-refractivity contribution in [2.75, 3.05) is 0 Å². The summed E-state index contributed by atoms with van der Waals surface area (Å²) in [4.78, 5) is 9.47. The second-order valence-corrected chi connectivity index (χ2v) is 3.65. The maximum absolute atomic E-state index is 4.30. The zero-order valence-corrected chi connectivity index (χ0v) is 8.21. The number of hydrogen-bond acceptors (Lipinski definition) is 3. The second kappa shape index (κ2) is 3.66. The summed E-state index contributed by atoms with van der Waals surface area (Å²) in [5.74, 6) is 0. The van der Waals surface area contributed by atoms with Gasteiger partial charge in [-0.3, -0.25) is 9.97 Å². The molecule has 2 rings (SSSR count). The fraction of sp³-hybridized carbons (Fsp3) is 0.200. The number of rotatable bonds is 2. The van der Waals surface area contributed by atoms with E-state index in [4.69, 9.17) is 0 Å². The third-order valence-electron chi connectivity index (χ3n) is 1.92. The van der Waals surface area contributed by atoms with Crippen LogP contribution in [0.5, 0.6) is 0 Å². The summed E-state index contributed by atoms with van der Waals surface area (Å²) in [5.41, 5.74) is 4.18. The molecule has 0 unspecified atom stereocenters. The predicted molar refractivity (Wildman–Crippen MR) is 54.7 cm³/mol. The van der Waals surface area contributed by atoms with Crippen LogP contribution in [0.4, 0.5) is 0 Å². The standard InChI is InChI=1S/C10H10N2S/c1-2-8-3-4-12-9(5-8)10-6-11-7-13-10/h3-7H,2H2,1H3. The van der Waals surface area contributed by atoms with Gasteiger partial charge in [0.2, 0.25) is 0 Å². The van der Waals surface area contributed by atoms with Crippen LogP contribution in [-0.4, -0.2) is 9.97 Å². The first-order chi connectivity index (χ1) is 6.40. The van der Waals surface area contributed by atoms with Gasteiger partial charge in [0.05, 0.1) is 16.1 Å². The molecule has 13 heavy (non-hydrogen) atoms. The summed E-state index contributed by atoms with van der Waals surface area (Å²) in [7, 11) is 0. The monoisotopic (exact) mass is 190 g/mol. The summed E-state index contributed by atoms with van der Waals surface area (Å²) < 4.78 is 0. The van der Waals surface area contributed by atoms with E-state index in [0.29, 0.717) is 0 Å². The largest absolute Gasteiger partial charge is 0.255 e. The normalized spacial score (nSPS) is 10.2. The zero-order chi connectivity index (χ0) is 9.10. The third kappa shape index (κ3) is 1.75. The molecule has 0 aliphatic heterocycles. The topological polar surface area (TPSA) is 25.8 Å². The van der Waals surface area contributed by atoms with E-state index < -0.39 is 0 Å². The Kier molecular flexibility index (Phi) is 2.36. The average molecular weight is 190 g/mol. The SMILES string of the molecule is CCc1ccnc(-c2cncs2)c1. The quantitative estimate of drug-likeness (QED) is 0.727.